The fourth-order valence-electron chi connectivity index (χ4n) is 7.65. The normalized spacial score (nSPS) is 18.1. The SMILES string of the molecule is C=C.CCC.CN1/C(=C/C=C/C2=[N+](C)c3ccc4ccccc4c3C2(C)C)C(C)(Cc2ccccc2)c2c1ccc1ccccc21.CO. The van der Waals surface area contributed by atoms with Crippen LogP contribution in [0.25, 0.3) is 21.5 Å². The topological polar surface area (TPSA) is 26.5 Å². The van der Waals surface area contributed by atoms with Crippen molar-refractivity contribution in [1.82, 2.24) is 0 Å². The van der Waals surface area contributed by atoms with Gasteiger partial charge in [0.05, 0.1) is 5.41 Å². The third-order valence-electron chi connectivity index (χ3n) is 9.55. The van der Waals surface area contributed by atoms with Crippen molar-refractivity contribution >= 4 is 38.6 Å². The second-order valence-electron chi connectivity index (χ2n) is 13.1. The van der Waals surface area contributed by atoms with Gasteiger partial charge < -0.3 is 10.0 Å². The summed E-state index contributed by atoms with van der Waals surface area (Å²) in [5.74, 6) is 0. The monoisotopic (exact) mass is 637 g/mol. The Balaban J connectivity index is 0.000000694. The number of aliphatic hydroxyl groups is 1. The van der Waals surface area contributed by atoms with E-state index in [4.69, 9.17) is 5.11 Å². The third-order valence-corrected chi connectivity index (χ3v) is 9.55. The minimum Gasteiger partial charge on any atom is -0.400 e. The molecule has 2 heterocycles. The van der Waals surface area contributed by atoms with E-state index >= 15 is 0 Å². The Hall–Kier alpha value is -4.73. The van der Waals surface area contributed by atoms with Gasteiger partial charge in [0.15, 0.2) is 5.71 Å². The number of hydrogen-bond donors (Lipinski definition) is 1. The van der Waals surface area contributed by atoms with Gasteiger partial charge in [0, 0.05) is 48.7 Å². The molecular formula is C45H53N2O+. The lowest BCUT2D eigenvalue weighted by Gasteiger charge is -2.29. The van der Waals surface area contributed by atoms with E-state index in [-0.39, 0.29) is 10.8 Å². The summed E-state index contributed by atoms with van der Waals surface area (Å²) in [6, 6.07) is 37.6. The average Bonchev–Trinajstić information content (AvgIpc) is 3.45. The Kier molecular flexibility index (Phi) is 11.6. The van der Waals surface area contributed by atoms with Crippen LogP contribution in [0.4, 0.5) is 11.4 Å². The Bertz CT molecular complexity index is 1960. The highest BCUT2D eigenvalue weighted by molar-refractivity contribution is 6.07. The zero-order valence-electron chi connectivity index (χ0n) is 30.2. The fourth-order valence-corrected chi connectivity index (χ4v) is 7.65. The Morgan fingerprint density at radius 3 is 1.85 bits per heavy atom. The van der Waals surface area contributed by atoms with Crippen molar-refractivity contribution in [2.45, 2.75) is 58.3 Å². The van der Waals surface area contributed by atoms with Crippen LogP contribution < -0.4 is 4.90 Å². The maximum absolute atomic E-state index is 7.00. The summed E-state index contributed by atoms with van der Waals surface area (Å²) in [7, 11) is 5.43. The number of likely N-dealkylation sites (N-methyl/N-ethyl adjacent to an activating group) is 1. The number of aliphatic hydroxyl groups excluding tert-OH is 1. The van der Waals surface area contributed by atoms with Crippen LogP contribution in [0.1, 0.15) is 57.7 Å². The van der Waals surface area contributed by atoms with E-state index in [0.717, 1.165) is 13.5 Å². The number of hydrogen-bond acceptors (Lipinski definition) is 2. The average molecular weight is 638 g/mol. The highest BCUT2D eigenvalue weighted by Crippen LogP contribution is 2.52. The Labute approximate surface area is 288 Å². The molecule has 7 rings (SSSR count). The molecule has 248 valence electrons. The molecule has 0 fully saturated rings. The predicted octanol–water partition coefficient (Wildman–Crippen LogP) is 10.9. The zero-order valence-corrected chi connectivity index (χ0v) is 30.2. The first-order chi connectivity index (χ1) is 23.2. The van der Waals surface area contributed by atoms with E-state index in [1.165, 1.54) is 67.4 Å². The lowest BCUT2D eigenvalue weighted by molar-refractivity contribution is -0.401. The molecule has 3 heteroatoms. The first-order valence-corrected chi connectivity index (χ1v) is 17.0. The van der Waals surface area contributed by atoms with E-state index in [1.54, 1.807) is 0 Å². The van der Waals surface area contributed by atoms with E-state index < -0.39 is 0 Å². The minimum absolute atomic E-state index is 0.103. The largest absolute Gasteiger partial charge is 0.400 e. The highest BCUT2D eigenvalue weighted by Gasteiger charge is 2.45. The van der Waals surface area contributed by atoms with Crippen LogP contribution in [0.3, 0.4) is 0 Å². The van der Waals surface area contributed by atoms with E-state index in [0.29, 0.717) is 0 Å². The van der Waals surface area contributed by atoms with Gasteiger partial charge in [0.1, 0.15) is 7.05 Å². The van der Waals surface area contributed by atoms with Gasteiger partial charge in [0.25, 0.3) is 0 Å². The van der Waals surface area contributed by atoms with E-state index in [1.807, 2.05) is 0 Å². The molecule has 0 aliphatic carbocycles. The van der Waals surface area contributed by atoms with Gasteiger partial charge in [-0.3, -0.25) is 0 Å². The van der Waals surface area contributed by atoms with Crippen LogP contribution in [-0.2, 0) is 17.3 Å². The molecule has 5 aromatic carbocycles. The molecule has 0 spiro atoms. The Morgan fingerprint density at radius 1 is 0.729 bits per heavy atom. The van der Waals surface area contributed by atoms with Gasteiger partial charge in [0.2, 0.25) is 5.69 Å². The fraction of sp³-hybridized carbons (Fsp3) is 0.267. The van der Waals surface area contributed by atoms with Crippen molar-refractivity contribution in [3.05, 3.63) is 157 Å². The number of nitrogens with zero attached hydrogens (tertiary/aromatic N) is 2. The maximum Gasteiger partial charge on any atom is 0.210 e. The number of allylic oxidation sites excluding steroid dienone is 4. The van der Waals surface area contributed by atoms with Gasteiger partial charge in [-0.15, -0.1) is 13.2 Å². The van der Waals surface area contributed by atoms with E-state index in [2.05, 4.69) is 193 Å². The van der Waals surface area contributed by atoms with Crippen LogP contribution in [0.2, 0.25) is 0 Å². The molecule has 1 unspecified atom stereocenters. The molecule has 0 aromatic heterocycles. The van der Waals surface area contributed by atoms with Crippen molar-refractivity contribution in [3.63, 3.8) is 0 Å². The van der Waals surface area contributed by atoms with E-state index in [9.17, 15) is 0 Å². The smallest absolute Gasteiger partial charge is 0.210 e. The number of anilines is 1. The number of benzene rings is 5. The molecule has 3 nitrogen and oxygen atoms in total. The molecule has 5 aromatic rings. The molecule has 0 radical (unpaired) electrons. The molecule has 0 bridgehead atoms. The molecule has 0 saturated carbocycles. The van der Waals surface area contributed by atoms with Crippen molar-refractivity contribution in [2.75, 3.05) is 26.1 Å². The molecule has 1 N–H and O–H groups in total. The first kappa shape index (κ1) is 36.1. The summed E-state index contributed by atoms with van der Waals surface area (Å²) in [5.41, 5.74) is 9.15. The van der Waals surface area contributed by atoms with Crippen molar-refractivity contribution in [2.24, 2.45) is 0 Å². The number of fused-ring (bicyclic) bond motifs is 6. The highest BCUT2D eigenvalue weighted by atomic mass is 16.2. The summed E-state index contributed by atoms with van der Waals surface area (Å²) in [6.45, 7) is 17.4. The van der Waals surface area contributed by atoms with Crippen LogP contribution in [0, 0.1) is 0 Å². The predicted molar refractivity (Wildman–Crippen MR) is 210 cm³/mol. The minimum atomic E-state index is -0.169. The molecular weight excluding hydrogens is 585 g/mol. The molecule has 0 amide bonds. The Morgan fingerprint density at radius 2 is 1.25 bits per heavy atom. The van der Waals surface area contributed by atoms with Crippen LogP contribution in [0.15, 0.2) is 140 Å². The van der Waals surface area contributed by atoms with Crippen molar-refractivity contribution in [1.29, 1.82) is 0 Å². The maximum atomic E-state index is 7.00. The first-order valence-electron chi connectivity index (χ1n) is 17.0. The molecule has 0 saturated heterocycles. The molecule has 1 atom stereocenters. The lowest BCUT2D eigenvalue weighted by Crippen LogP contribution is -2.29. The second-order valence-corrected chi connectivity index (χ2v) is 13.1. The lowest BCUT2D eigenvalue weighted by atomic mass is 9.74. The summed E-state index contributed by atoms with van der Waals surface area (Å²) in [5, 5.41) is 12.3. The second kappa shape index (κ2) is 15.4. The van der Waals surface area contributed by atoms with Gasteiger partial charge >= 0.3 is 0 Å². The quantitative estimate of drug-likeness (QED) is 0.157. The standard InChI is InChI=1S/C39H37N2.C3H8.C2H4.CH4O/c1-38(2)34(40(4)32-24-22-28-16-9-11-18-30(28)36(32)38)20-13-21-35-39(3,26-27-14-7-6-8-15-27)37-31-19-12-10-17-29(31)23-25-33(37)41(35)5;1-3-2;2*1-2/h6-25H,26H2,1-5H3;3H2,1-2H3;1-2H2;2H,1H3/q+1;;;. The summed E-state index contributed by atoms with van der Waals surface area (Å²) in [6.07, 6.45) is 9.17. The van der Waals surface area contributed by atoms with Crippen LogP contribution in [0.5, 0.6) is 0 Å². The molecule has 48 heavy (non-hydrogen) atoms. The summed E-state index contributed by atoms with van der Waals surface area (Å²) in [4.78, 5) is 2.41. The van der Waals surface area contributed by atoms with Crippen LogP contribution >= 0.6 is 0 Å². The van der Waals surface area contributed by atoms with Crippen LogP contribution in [-0.4, -0.2) is 36.6 Å². The van der Waals surface area contributed by atoms with Crippen molar-refractivity contribution in [3.8, 4) is 0 Å². The molecule has 2 aliphatic rings. The van der Waals surface area contributed by atoms with Gasteiger partial charge in [-0.25, -0.2) is 0 Å². The van der Waals surface area contributed by atoms with Gasteiger partial charge in [-0.1, -0.05) is 111 Å². The van der Waals surface area contributed by atoms with Gasteiger partial charge in [-0.05, 0) is 78.1 Å². The summed E-state index contributed by atoms with van der Waals surface area (Å²) < 4.78 is 2.38. The zero-order chi connectivity index (χ0) is 35.1. The summed E-state index contributed by atoms with van der Waals surface area (Å²) >= 11 is 0. The van der Waals surface area contributed by atoms with Gasteiger partial charge in [-0.2, -0.15) is 4.58 Å². The molecule has 2 aliphatic heterocycles. The number of rotatable bonds is 4. The van der Waals surface area contributed by atoms with Crippen molar-refractivity contribution < 1.29 is 9.68 Å². The third kappa shape index (κ3) is 6.40.